The van der Waals surface area contributed by atoms with Crippen LogP contribution < -0.4 is 11.1 Å². The van der Waals surface area contributed by atoms with Crippen molar-refractivity contribution in [2.24, 2.45) is 0 Å². The highest BCUT2D eigenvalue weighted by molar-refractivity contribution is 5.84. The Morgan fingerprint density at radius 2 is 2.00 bits per heavy atom. The van der Waals surface area contributed by atoms with Gasteiger partial charge in [0.25, 0.3) is 0 Å². The summed E-state index contributed by atoms with van der Waals surface area (Å²) in [6.07, 6.45) is 0. The van der Waals surface area contributed by atoms with Gasteiger partial charge in [-0.2, -0.15) is 0 Å². The second-order valence-corrected chi connectivity index (χ2v) is 4.86. The Bertz CT molecular complexity index is 762. The van der Waals surface area contributed by atoms with Crippen LogP contribution in [0.5, 0.6) is 0 Å². The first-order valence-corrected chi connectivity index (χ1v) is 6.50. The molecule has 0 saturated carbocycles. The standard InChI is InChI=1S/C16H16FN3/c1-10-13(12-4-2-3-5-16(12)20-10)9-19-11-6-7-15(18)14(17)8-11/h2-8,19-20H,9,18H2,1H3. The largest absolute Gasteiger partial charge is 0.396 e. The molecule has 2 aromatic carbocycles. The van der Waals surface area contributed by atoms with Crippen LogP contribution in [0.2, 0.25) is 0 Å². The van der Waals surface area contributed by atoms with Gasteiger partial charge in [0.05, 0.1) is 5.69 Å². The summed E-state index contributed by atoms with van der Waals surface area (Å²) in [7, 11) is 0. The summed E-state index contributed by atoms with van der Waals surface area (Å²) in [5.41, 5.74) is 9.79. The van der Waals surface area contributed by atoms with E-state index in [9.17, 15) is 4.39 Å². The van der Waals surface area contributed by atoms with E-state index in [0.717, 1.165) is 16.9 Å². The van der Waals surface area contributed by atoms with Crippen LogP contribution in [-0.2, 0) is 6.54 Å². The molecule has 0 aliphatic heterocycles. The SMILES string of the molecule is Cc1[nH]c2ccccc2c1CNc1ccc(N)c(F)c1. The van der Waals surface area contributed by atoms with Crippen LogP contribution in [0.15, 0.2) is 42.5 Å². The molecule has 3 aromatic rings. The van der Waals surface area contributed by atoms with E-state index in [4.69, 9.17) is 5.73 Å². The van der Waals surface area contributed by atoms with Crippen molar-refractivity contribution < 1.29 is 4.39 Å². The highest BCUT2D eigenvalue weighted by Gasteiger charge is 2.08. The second-order valence-electron chi connectivity index (χ2n) is 4.86. The van der Waals surface area contributed by atoms with Gasteiger partial charge in [0.15, 0.2) is 0 Å². The van der Waals surface area contributed by atoms with Crippen LogP contribution in [-0.4, -0.2) is 4.98 Å². The highest BCUT2D eigenvalue weighted by Crippen LogP contribution is 2.23. The Hall–Kier alpha value is -2.49. The molecule has 0 unspecified atom stereocenters. The number of aryl methyl sites for hydroxylation is 1. The van der Waals surface area contributed by atoms with E-state index in [1.165, 1.54) is 17.0 Å². The molecule has 3 nitrogen and oxygen atoms in total. The molecule has 0 amide bonds. The van der Waals surface area contributed by atoms with Gasteiger partial charge in [-0.15, -0.1) is 0 Å². The Labute approximate surface area is 116 Å². The number of nitrogens with two attached hydrogens (primary N) is 1. The van der Waals surface area contributed by atoms with Crippen molar-refractivity contribution >= 4 is 22.3 Å². The lowest BCUT2D eigenvalue weighted by molar-refractivity contribution is 0.633. The maximum atomic E-state index is 13.4. The minimum Gasteiger partial charge on any atom is -0.396 e. The monoisotopic (exact) mass is 269 g/mol. The van der Waals surface area contributed by atoms with Gasteiger partial charge in [-0.3, -0.25) is 0 Å². The molecule has 0 atom stereocenters. The summed E-state index contributed by atoms with van der Waals surface area (Å²) in [5.74, 6) is -0.398. The Kier molecular flexibility index (Phi) is 3.06. The van der Waals surface area contributed by atoms with Crippen LogP contribution in [0.3, 0.4) is 0 Å². The number of halogens is 1. The summed E-state index contributed by atoms with van der Waals surface area (Å²) < 4.78 is 13.4. The summed E-state index contributed by atoms with van der Waals surface area (Å²) in [6.45, 7) is 2.68. The van der Waals surface area contributed by atoms with Gasteiger partial charge in [0, 0.05) is 28.8 Å². The fourth-order valence-corrected chi connectivity index (χ4v) is 2.39. The smallest absolute Gasteiger partial charge is 0.148 e. The van der Waals surface area contributed by atoms with Gasteiger partial charge in [-0.25, -0.2) is 4.39 Å². The molecule has 102 valence electrons. The minimum absolute atomic E-state index is 0.166. The Morgan fingerprint density at radius 3 is 2.80 bits per heavy atom. The number of nitrogen functional groups attached to an aromatic ring is 1. The first kappa shape index (κ1) is 12.5. The molecule has 0 radical (unpaired) electrons. The third kappa shape index (κ3) is 2.20. The first-order valence-electron chi connectivity index (χ1n) is 6.50. The van der Waals surface area contributed by atoms with Crippen molar-refractivity contribution in [3.63, 3.8) is 0 Å². The number of H-pyrrole nitrogens is 1. The van der Waals surface area contributed by atoms with Gasteiger partial charge < -0.3 is 16.0 Å². The Morgan fingerprint density at radius 1 is 1.20 bits per heavy atom. The second kappa shape index (κ2) is 4.89. The molecule has 3 rings (SSSR count). The average molecular weight is 269 g/mol. The first-order chi connectivity index (χ1) is 9.65. The van der Waals surface area contributed by atoms with E-state index in [1.807, 2.05) is 19.1 Å². The van der Waals surface area contributed by atoms with Crippen molar-refractivity contribution in [1.82, 2.24) is 4.98 Å². The fourth-order valence-electron chi connectivity index (χ4n) is 2.39. The number of rotatable bonds is 3. The maximum Gasteiger partial charge on any atom is 0.148 e. The van der Waals surface area contributed by atoms with Crippen molar-refractivity contribution in [3.05, 3.63) is 59.5 Å². The number of aromatic nitrogens is 1. The lowest BCUT2D eigenvalue weighted by Crippen LogP contribution is -2.01. The minimum atomic E-state index is -0.398. The van der Waals surface area contributed by atoms with Gasteiger partial charge in [0.1, 0.15) is 5.82 Å². The third-order valence-electron chi connectivity index (χ3n) is 3.50. The van der Waals surface area contributed by atoms with Crippen LogP contribution in [0.25, 0.3) is 10.9 Å². The predicted molar refractivity (Wildman–Crippen MR) is 81.2 cm³/mol. The number of fused-ring (bicyclic) bond motifs is 1. The fraction of sp³-hybridized carbons (Fsp3) is 0.125. The van der Waals surface area contributed by atoms with E-state index in [1.54, 1.807) is 12.1 Å². The van der Waals surface area contributed by atoms with Crippen LogP contribution in [0, 0.1) is 12.7 Å². The molecular formula is C16H16FN3. The van der Waals surface area contributed by atoms with Crippen molar-refractivity contribution in [2.75, 3.05) is 11.1 Å². The van der Waals surface area contributed by atoms with Gasteiger partial charge in [-0.05, 0) is 36.8 Å². The van der Waals surface area contributed by atoms with Gasteiger partial charge in [-0.1, -0.05) is 18.2 Å². The van der Waals surface area contributed by atoms with Crippen molar-refractivity contribution in [2.45, 2.75) is 13.5 Å². The number of nitrogens with one attached hydrogen (secondary N) is 2. The number of hydrogen-bond acceptors (Lipinski definition) is 2. The van der Waals surface area contributed by atoms with Crippen LogP contribution in [0.4, 0.5) is 15.8 Å². The lowest BCUT2D eigenvalue weighted by atomic mass is 10.1. The van der Waals surface area contributed by atoms with Gasteiger partial charge >= 0.3 is 0 Å². The van der Waals surface area contributed by atoms with E-state index < -0.39 is 5.82 Å². The van der Waals surface area contributed by atoms with Crippen LogP contribution in [0.1, 0.15) is 11.3 Å². The molecular weight excluding hydrogens is 253 g/mol. The molecule has 0 aliphatic carbocycles. The van der Waals surface area contributed by atoms with E-state index in [0.29, 0.717) is 6.54 Å². The third-order valence-corrected chi connectivity index (χ3v) is 3.50. The van der Waals surface area contributed by atoms with Crippen molar-refractivity contribution in [3.8, 4) is 0 Å². The lowest BCUT2D eigenvalue weighted by Gasteiger charge is -2.08. The number of anilines is 2. The topological polar surface area (TPSA) is 53.8 Å². The predicted octanol–water partition coefficient (Wildman–Crippen LogP) is 3.81. The quantitative estimate of drug-likeness (QED) is 0.633. The number of para-hydroxylation sites is 1. The number of aromatic amines is 1. The van der Waals surface area contributed by atoms with E-state index in [2.05, 4.69) is 22.4 Å². The summed E-state index contributed by atoms with van der Waals surface area (Å²) in [4.78, 5) is 3.35. The average Bonchev–Trinajstić information content (AvgIpc) is 2.76. The highest BCUT2D eigenvalue weighted by atomic mass is 19.1. The molecule has 4 heteroatoms. The molecule has 1 heterocycles. The van der Waals surface area contributed by atoms with E-state index in [-0.39, 0.29) is 5.69 Å². The van der Waals surface area contributed by atoms with Crippen molar-refractivity contribution in [1.29, 1.82) is 0 Å². The molecule has 0 saturated heterocycles. The molecule has 0 fully saturated rings. The maximum absolute atomic E-state index is 13.4. The zero-order valence-corrected chi connectivity index (χ0v) is 11.2. The molecule has 4 N–H and O–H groups in total. The molecule has 20 heavy (non-hydrogen) atoms. The van der Waals surface area contributed by atoms with Crippen LogP contribution >= 0.6 is 0 Å². The molecule has 0 aliphatic rings. The summed E-state index contributed by atoms with van der Waals surface area (Å²) in [5, 5.41) is 4.42. The normalized spacial score (nSPS) is 10.9. The number of hydrogen-bond donors (Lipinski definition) is 3. The molecule has 0 spiro atoms. The Balaban J connectivity index is 1.86. The van der Waals surface area contributed by atoms with E-state index >= 15 is 0 Å². The molecule has 1 aromatic heterocycles. The number of benzene rings is 2. The summed E-state index contributed by atoms with van der Waals surface area (Å²) in [6, 6.07) is 12.9. The van der Waals surface area contributed by atoms with Gasteiger partial charge in [0.2, 0.25) is 0 Å². The zero-order valence-electron chi connectivity index (χ0n) is 11.2. The summed E-state index contributed by atoms with van der Waals surface area (Å²) >= 11 is 0. The molecule has 0 bridgehead atoms. The zero-order chi connectivity index (χ0) is 14.1.